The molecule has 4 heteroatoms. The lowest BCUT2D eigenvalue weighted by Crippen LogP contribution is -2.27. The molecule has 0 aliphatic rings. The molecule has 1 unspecified atom stereocenters. The van der Waals surface area contributed by atoms with Crippen molar-refractivity contribution in [1.82, 2.24) is 0 Å². The summed E-state index contributed by atoms with van der Waals surface area (Å²) in [4.78, 5) is 0. The van der Waals surface area contributed by atoms with Crippen molar-refractivity contribution in [3.05, 3.63) is 90.0 Å². The van der Waals surface area contributed by atoms with Gasteiger partial charge in [-0.2, -0.15) is 0 Å². The highest BCUT2D eigenvalue weighted by atomic mass is 16.7. The first-order valence-corrected chi connectivity index (χ1v) is 10.2. The molecule has 0 fully saturated rings. The van der Waals surface area contributed by atoms with E-state index < -0.39 is 0 Å². The van der Waals surface area contributed by atoms with E-state index in [1.165, 1.54) is 5.56 Å². The topological polar surface area (TPSA) is 36.9 Å². The minimum absolute atomic E-state index is 0.0715. The number of benzene rings is 3. The van der Waals surface area contributed by atoms with Crippen LogP contribution in [0.4, 0.5) is 0 Å². The van der Waals surface area contributed by atoms with Crippen LogP contribution < -0.4 is 9.47 Å². The second-order valence-corrected chi connectivity index (χ2v) is 7.54. The van der Waals surface area contributed by atoms with Gasteiger partial charge in [-0.25, -0.2) is 0 Å². The van der Waals surface area contributed by atoms with Crippen LogP contribution in [-0.4, -0.2) is 20.5 Å². The van der Waals surface area contributed by atoms with Crippen molar-refractivity contribution < 1.29 is 18.9 Å². The molecule has 0 spiro atoms. The normalized spacial score (nSPS) is 12.9. The molecule has 0 bridgehead atoms. The minimum Gasteiger partial charge on any atom is -0.468 e. The quantitative estimate of drug-likeness (QED) is 0.348. The summed E-state index contributed by atoms with van der Waals surface area (Å²) in [5.41, 5.74) is 2.25. The molecular formula is C26H30O4. The summed E-state index contributed by atoms with van der Waals surface area (Å²) < 4.78 is 22.5. The Labute approximate surface area is 179 Å². The van der Waals surface area contributed by atoms with Gasteiger partial charge < -0.3 is 18.9 Å². The molecule has 3 aromatic rings. The highest BCUT2D eigenvalue weighted by Gasteiger charge is 2.25. The fourth-order valence-corrected chi connectivity index (χ4v) is 3.19. The molecule has 0 amide bonds. The van der Waals surface area contributed by atoms with E-state index in [4.69, 9.17) is 18.9 Å². The Balaban J connectivity index is 1.58. The predicted molar refractivity (Wildman–Crippen MR) is 119 cm³/mol. The Morgan fingerprint density at radius 1 is 0.800 bits per heavy atom. The largest absolute Gasteiger partial charge is 0.468 e. The van der Waals surface area contributed by atoms with Crippen molar-refractivity contribution in [2.45, 2.75) is 32.3 Å². The molecule has 158 valence electrons. The number of para-hydroxylation sites is 1. The Morgan fingerprint density at radius 3 is 2.23 bits per heavy atom. The second-order valence-electron chi connectivity index (χ2n) is 7.54. The highest BCUT2D eigenvalue weighted by molar-refractivity contribution is 5.34. The lowest BCUT2D eigenvalue weighted by molar-refractivity contribution is 0.0510. The lowest BCUT2D eigenvalue weighted by Gasteiger charge is -2.29. The fraction of sp³-hybridized carbons (Fsp3) is 0.308. The van der Waals surface area contributed by atoms with Gasteiger partial charge in [0.25, 0.3) is 0 Å². The third-order valence-electron chi connectivity index (χ3n) is 5.24. The van der Waals surface area contributed by atoms with Crippen LogP contribution >= 0.6 is 0 Å². The molecule has 4 nitrogen and oxygen atoms in total. The van der Waals surface area contributed by atoms with Crippen LogP contribution in [0, 0.1) is 0 Å². The molecule has 0 saturated carbocycles. The SMILES string of the molecule is CCC(C)(COCc1cccc(Oc2ccccc2)c1)c1ccc(OCOC)cc1. The minimum atomic E-state index is -0.0715. The first-order chi connectivity index (χ1) is 14.6. The van der Waals surface area contributed by atoms with Crippen molar-refractivity contribution in [3.63, 3.8) is 0 Å². The monoisotopic (exact) mass is 406 g/mol. The van der Waals surface area contributed by atoms with Crippen molar-refractivity contribution >= 4 is 0 Å². The molecular weight excluding hydrogens is 376 g/mol. The first-order valence-electron chi connectivity index (χ1n) is 10.2. The van der Waals surface area contributed by atoms with Crippen LogP contribution in [0.5, 0.6) is 17.2 Å². The molecule has 0 aromatic heterocycles. The van der Waals surface area contributed by atoms with Gasteiger partial charge in [-0.3, -0.25) is 0 Å². The van der Waals surface area contributed by atoms with Gasteiger partial charge in [-0.05, 0) is 53.9 Å². The number of methoxy groups -OCH3 is 1. The fourth-order valence-electron chi connectivity index (χ4n) is 3.19. The predicted octanol–water partition coefficient (Wildman–Crippen LogP) is 6.35. The summed E-state index contributed by atoms with van der Waals surface area (Å²) in [6.07, 6.45) is 0.975. The zero-order valence-corrected chi connectivity index (χ0v) is 18.0. The maximum atomic E-state index is 6.12. The van der Waals surface area contributed by atoms with Crippen molar-refractivity contribution in [2.24, 2.45) is 0 Å². The molecule has 0 radical (unpaired) electrons. The number of hydrogen-bond donors (Lipinski definition) is 0. The summed E-state index contributed by atoms with van der Waals surface area (Å²) >= 11 is 0. The van der Waals surface area contributed by atoms with Crippen LogP contribution in [0.25, 0.3) is 0 Å². The van der Waals surface area contributed by atoms with Crippen LogP contribution in [0.1, 0.15) is 31.4 Å². The number of rotatable bonds is 11. The summed E-state index contributed by atoms with van der Waals surface area (Å²) in [5, 5.41) is 0. The molecule has 0 heterocycles. The van der Waals surface area contributed by atoms with Gasteiger partial charge in [-0.15, -0.1) is 0 Å². The molecule has 30 heavy (non-hydrogen) atoms. The van der Waals surface area contributed by atoms with Gasteiger partial charge >= 0.3 is 0 Å². The zero-order chi connectivity index (χ0) is 21.2. The van der Waals surface area contributed by atoms with E-state index in [-0.39, 0.29) is 12.2 Å². The van der Waals surface area contributed by atoms with Gasteiger partial charge in [0.1, 0.15) is 17.2 Å². The van der Waals surface area contributed by atoms with Crippen molar-refractivity contribution in [3.8, 4) is 17.2 Å². The summed E-state index contributed by atoms with van der Waals surface area (Å²) in [6.45, 7) is 5.84. The van der Waals surface area contributed by atoms with Crippen LogP contribution in [-0.2, 0) is 21.5 Å². The average molecular weight is 407 g/mol. The number of ether oxygens (including phenoxy) is 4. The highest BCUT2D eigenvalue weighted by Crippen LogP contribution is 2.30. The molecule has 0 saturated heterocycles. The third-order valence-corrected chi connectivity index (χ3v) is 5.24. The summed E-state index contributed by atoms with van der Waals surface area (Å²) in [5.74, 6) is 2.44. The summed E-state index contributed by atoms with van der Waals surface area (Å²) in [6, 6.07) is 26.0. The standard InChI is InChI=1S/C26H30O4/c1-4-26(2,22-13-15-23(16-14-22)29-20-27-3)19-28-18-21-9-8-12-25(17-21)30-24-10-6-5-7-11-24/h5-17H,4,18-20H2,1-3H3. The van der Waals surface area contributed by atoms with Crippen molar-refractivity contribution in [2.75, 3.05) is 20.5 Å². The molecule has 1 atom stereocenters. The van der Waals surface area contributed by atoms with E-state index in [1.54, 1.807) is 7.11 Å². The van der Waals surface area contributed by atoms with E-state index in [2.05, 4.69) is 32.0 Å². The van der Waals surface area contributed by atoms with E-state index in [0.29, 0.717) is 13.2 Å². The van der Waals surface area contributed by atoms with E-state index in [0.717, 1.165) is 29.2 Å². The Kier molecular flexibility index (Phi) is 7.89. The molecule has 0 aliphatic carbocycles. The Bertz CT molecular complexity index is 892. The molecule has 3 aromatic carbocycles. The van der Waals surface area contributed by atoms with E-state index >= 15 is 0 Å². The first kappa shape index (κ1) is 21.9. The maximum absolute atomic E-state index is 6.12. The van der Waals surface area contributed by atoms with Gasteiger partial charge in [0, 0.05) is 12.5 Å². The molecule has 3 rings (SSSR count). The molecule has 0 aliphatic heterocycles. The maximum Gasteiger partial charge on any atom is 0.188 e. The van der Waals surface area contributed by atoms with Crippen LogP contribution in [0.3, 0.4) is 0 Å². The van der Waals surface area contributed by atoms with E-state index in [9.17, 15) is 0 Å². The average Bonchev–Trinajstić information content (AvgIpc) is 2.79. The van der Waals surface area contributed by atoms with Gasteiger partial charge in [-0.1, -0.05) is 56.3 Å². The second kappa shape index (κ2) is 10.8. The van der Waals surface area contributed by atoms with Crippen LogP contribution in [0.15, 0.2) is 78.9 Å². The lowest BCUT2D eigenvalue weighted by atomic mass is 9.81. The smallest absolute Gasteiger partial charge is 0.188 e. The van der Waals surface area contributed by atoms with Gasteiger partial charge in [0.05, 0.1) is 13.2 Å². The molecule has 0 N–H and O–H groups in total. The van der Waals surface area contributed by atoms with Crippen LogP contribution in [0.2, 0.25) is 0 Å². The number of hydrogen-bond acceptors (Lipinski definition) is 4. The Hall–Kier alpha value is -2.82. The Morgan fingerprint density at radius 2 is 1.53 bits per heavy atom. The third kappa shape index (κ3) is 6.09. The van der Waals surface area contributed by atoms with Gasteiger partial charge in [0.15, 0.2) is 6.79 Å². The zero-order valence-electron chi connectivity index (χ0n) is 18.0. The van der Waals surface area contributed by atoms with E-state index in [1.807, 2.05) is 60.7 Å². The van der Waals surface area contributed by atoms with Crippen molar-refractivity contribution in [1.29, 1.82) is 0 Å². The summed E-state index contributed by atoms with van der Waals surface area (Å²) in [7, 11) is 1.61. The van der Waals surface area contributed by atoms with Gasteiger partial charge in [0.2, 0.25) is 0 Å².